The van der Waals surface area contributed by atoms with Crippen LogP contribution in [0.25, 0.3) is 0 Å². The average Bonchev–Trinajstić information content (AvgIpc) is 2.16. The van der Waals surface area contributed by atoms with Gasteiger partial charge < -0.3 is 5.32 Å². The van der Waals surface area contributed by atoms with Crippen molar-refractivity contribution in [3.63, 3.8) is 0 Å². The molecule has 0 spiro atoms. The number of aryl methyl sites for hydroxylation is 1. The Balaban J connectivity index is 2.60. The molecule has 2 atom stereocenters. The van der Waals surface area contributed by atoms with Gasteiger partial charge in [-0.25, -0.2) is 9.97 Å². The summed E-state index contributed by atoms with van der Waals surface area (Å²) < 4.78 is 0. The fourth-order valence-corrected chi connectivity index (χ4v) is 1.56. The summed E-state index contributed by atoms with van der Waals surface area (Å²) in [6.45, 7) is 6.28. The Bertz CT molecular complexity index is 290. The van der Waals surface area contributed by atoms with E-state index in [-0.39, 0.29) is 0 Å². The Morgan fingerprint density at radius 2 is 2.21 bits per heavy atom. The maximum absolute atomic E-state index is 4.29. The average molecular weight is 258 g/mol. The molecule has 78 valence electrons. The highest BCUT2D eigenvalue weighted by molar-refractivity contribution is 9.09. The van der Waals surface area contributed by atoms with Crippen molar-refractivity contribution in [1.82, 2.24) is 9.97 Å². The predicted octanol–water partition coefficient (Wildman–Crippen LogP) is 2.62. The Hall–Kier alpha value is -0.640. The van der Waals surface area contributed by atoms with Crippen molar-refractivity contribution in [2.75, 3.05) is 10.6 Å². The van der Waals surface area contributed by atoms with E-state index >= 15 is 0 Å². The molecule has 1 aromatic rings. The monoisotopic (exact) mass is 257 g/mol. The van der Waals surface area contributed by atoms with Crippen molar-refractivity contribution in [1.29, 1.82) is 0 Å². The van der Waals surface area contributed by atoms with Crippen LogP contribution in [0, 0.1) is 12.8 Å². The van der Waals surface area contributed by atoms with Crippen molar-refractivity contribution in [3.05, 3.63) is 18.0 Å². The fraction of sp³-hybridized carbons (Fsp3) is 0.600. The SMILES string of the molecule is Cc1ccnc(NC(C)C(C)CBr)n1. The summed E-state index contributed by atoms with van der Waals surface area (Å²) in [6.07, 6.45) is 1.77. The summed E-state index contributed by atoms with van der Waals surface area (Å²) in [5.74, 6) is 1.27. The second kappa shape index (κ2) is 5.29. The van der Waals surface area contributed by atoms with Crippen LogP contribution in [0.15, 0.2) is 12.3 Å². The lowest BCUT2D eigenvalue weighted by Gasteiger charge is -2.19. The summed E-state index contributed by atoms with van der Waals surface area (Å²) >= 11 is 3.46. The van der Waals surface area contributed by atoms with Crippen LogP contribution >= 0.6 is 15.9 Å². The molecule has 0 amide bonds. The van der Waals surface area contributed by atoms with Crippen LogP contribution in [-0.2, 0) is 0 Å². The third-order valence-corrected chi connectivity index (χ3v) is 3.27. The Labute approximate surface area is 93.5 Å². The summed E-state index contributed by atoms with van der Waals surface area (Å²) in [4.78, 5) is 8.45. The van der Waals surface area contributed by atoms with Gasteiger partial charge in [-0.2, -0.15) is 0 Å². The minimum Gasteiger partial charge on any atom is -0.351 e. The van der Waals surface area contributed by atoms with Crippen LogP contribution in [-0.4, -0.2) is 21.3 Å². The van der Waals surface area contributed by atoms with Crippen molar-refractivity contribution >= 4 is 21.9 Å². The molecule has 0 aliphatic heterocycles. The van der Waals surface area contributed by atoms with E-state index in [0.717, 1.165) is 11.0 Å². The first-order valence-corrected chi connectivity index (χ1v) is 5.87. The molecule has 0 saturated heterocycles. The number of rotatable bonds is 4. The molecule has 0 saturated carbocycles. The molecule has 4 heteroatoms. The molecule has 0 radical (unpaired) electrons. The first-order chi connectivity index (χ1) is 6.63. The zero-order valence-corrected chi connectivity index (χ0v) is 10.4. The lowest BCUT2D eigenvalue weighted by molar-refractivity contribution is 0.568. The Morgan fingerprint density at radius 3 is 2.79 bits per heavy atom. The predicted molar refractivity (Wildman–Crippen MR) is 62.8 cm³/mol. The van der Waals surface area contributed by atoms with E-state index in [2.05, 4.69) is 45.1 Å². The number of alkyl halides is 1. The molecule has 3 nitrogen and oxygen atoms in total. The minimum atomic E-state index is 0.371. The molecule has 0 fully saturated rings. The highest BCUT2D eigenvalue weighted by Crippen LogP contribution is 2.10. The van der Waals surface area contributed by atoms with Crippen molar-refractivity contribution in [2.24, 2.45) is 5.92 Å². The van der Waals surface area contributed by atoms with Crippen LogP contribution in [0.5, 0.6) is 0 Å². The molecule has 0 aliphatic rings. The molecule has 14 heavy (non-hydrogen) atoms. The highest BCUT2D eigenvalue weighted by atomic mass is 79.9. The molecule has 1 rings (SSSR count). The van der Waals surface area contributed by atoms with E-state index in [0.29, 0.717) is 17.9 Å². The van der Waals surface area contributed by atoms with Gasteiger partial charge in [0.1, 0.15) is 0 Å². The molecule has 2 unspecified atom stereocenters. The fourth-order valence-electron chi connectivity index (χ4n) is 0.998. The maximum Gasteiger partial charge on any atom is 0.223 e. The summed E-state index contributed by atoms with van der Waals surface area (Å²) in [5, 5.41) is 4.26. The zero-order valence-electron chi connectivity index (χ0n) is 8.79. The molecule has 1 N–H and O–H groups in total. The van der Waals surface area contributed by atoms with Gasteiger partial charge in [0.25, 0.3) is 0 Å². The smallest absolute Gasteiger partial charge is 0.223 e. The van der Waals surface area contributed by atoms with E-state index < -0.39 is 0 Å². The third kappa shape index (κ3) is 3.25. The molecular formula is C10H16BrN3. The summed E-state index contributed by atoms with van der Waals surface area (Å²) in [5.41, 5.74) is 0.987. The van der Waals surface area contributed by atoms with Crippen LogP contribution in [0.3, 0.4) is 0 Å². The van der Waals surface area contributed by atoms with Gasteiger partial charge in [0.2, 0.25) is 5.95 Å². The van der Waals surface area contributed by atoms with Gasteiger partial charge in [-0.05, 0) is 25.8 Å². The molecule has 1 aromatic heterocycles. The van der Waals surface area contributed by atoms with E-state index in [1.807, 2.05) is 13.0 Å². The topological polar surface area (TPSA) is 37.8 Å². The lowest BCUT2D eigenvalue weighted by atomic mass is 10.1. The highest BCUT2D eigenvalue weighted by Gasteiger charge is 2.11. The third-order valence-electron chi connectivity index (χ3n) is 2.25. The van der Waals surface area contributed by atoms with Crippen molar-refractivity contribution in [2.45, 2.75) is 26.8 Å². The first-order valence-electron chi connectivity index (χ1n) is 4.75. The molecule has 0 aliphatic carbocycles. The summed E-state index contributed by atoms with van der Waals surface area (Å²) in [7, 11) is 0. The molecule has 0 aromatic carbocycles. The van der Waals surface area contributed by atoms with Crippen LogP contribution in [0.2, 0.25) is 0 Å². The van der Waals surface area contributed by atoms with Gasteiger partial charge >= 0.3 is 0 Å². The Morgan fingerprint density at radius 1 is 1.50 bits per heavy atom. The normalized spacial score (nSPS) is 14.9. The van der Waals surface area contributed by atoms with Gasteiger partial charge in [0.15, 0.2) is 0 Å². The number of nitrogens with one attached hydrogen (secondary N) is 1. The van der Waals surface area contributed by atoms with E-state index in [1.54, 1.807) is 6.20 Å². The van der Waals surface area contributed by atoms with Gasteiger partial charge in [0, 0.05) is 23.3 Å². The number of hydrogen-bond acceptors (Lipinski definition) is 3. The maximum atomic E-state index is 4.29. The molecular weight excluding hydrogens is 242 g/mol. The largest absolute Gasteiger partial charge is 0.351 e. The number of anilines is 1. The molecule has 0 bridgehead atoms. The van der Waals surface area contributed by atoms with Crippen LogP contribution in [0.4, 0.5) is 5.95 Å². The second-order valence-corrected chi connectivity index (χ2v) is 4.23. The quantitative estimate of drug-likeness (QED) is 0.843. The summed E-state index contributed by atoms with van der Waals surface area (Å²) in [6, 6.07) is 2.26. The van der Waals surface area contributed by atoms with Gasteiger partial charge in [-0.15, -0.1) is 0 Å². The van der Waals surface area contributed by atoms with E-state index in [9.17, 15) is 0 Å². The zero-order chi connectivity index (χ0) is 10.6. The van der Waals surface area contributed by atoms with Crippen molar-refractivity contribution in [3.8, 4) is 0 Å². The van der Waals surface area contributed by atoms with E-state index in [1.165, 1.54) is 0 Å². The second-order valence-electron chi connectivity index (χ2n) is 3.59. The first kappa shape index (κ1) is 11.4. The van der Waals surface area contributed by atoms with Crippen LogP contribution in [0.1, 0.15) is 19.5 Å². The van der Waals surface area contributed by atoms with Gasteiger partial charge in [0.05, 0.1) is 0 Å². The molecule has 1 heterocycles. The number of aromatic nitrogens is 2. The lowest BCUT2D eigenvalue weighted by Crippen LogP contribution is -2.25. The van der Waals surface area contributed by atoms with Gasteiger partial charge in [-0.1, -0.05) is 22.9 Å². The number of nitrogens with zero attached hydrogens (tertiary/aromatic N) is 2. The van der Waals surface area contributed by atoms with Gasteiger partial charge in [-0.3, -0.25) is 0 Å². The van der Waals surface area contributed by atoms with Crippen LogP contribution < -0.4 is 5.32 Å². The Kier molecular flexibility index (Phi) is 4.32. The standard InChI is InChI=1S/C10H16BrN3/c1-7(6-11)9(3)14-10-12-5-4-8(2)13-10/h4-5,7,9H,6H2,1-3H3,(H,12,13,14). The number of halogens is 1. The number of hydrogen-bond donors (Lipinski definition) is 1. The minimum absolute atomic E-state index is 0.371. The van der Waals surface area contributed by atoms with E-state index in [4.69, 9.17) is 0 Å². The van der Waals surface area contributed by atoms with Crippen molar-refractivity contribution < 1.29 is 0 Å².